The molecular weight excluding hydrogens is 319 g/mol. The number of halogens is 2. The zero-order valence-electron chi connectivity index (χ0n) is 12.5. The quantitative estimate of drug-likeness (QED) is 0.768. The molecule has 3 N–H and O–H groups in total. The highest BCUT2D eigenvalue weighted by atomic mass is 35.5. The van der Waals surface area contributed by atoms with Crippen LogP contribution >= 0.6 is 11.6 Å². The van der Waals surface area contributed by atoms with E-state index in [2.05, 4.69) is 20.4 Å². The Morgan fingerprint density at radius 3 is 2.65 bits per heavy atom. The first-order chi connectivity index (χ1) is 10.9. The van der Waals surface area contributed by atoms with Crippen molar-refractivity contribution >= 4 is 29.1 Å². The number of nitrogens with one attached hydrogen (secondary N) is 1. The molecule has 0 saturated carbocycles. The lowest BCUT2D eigenvalue weighted by atomic mass is 10.3. The summed E-state index contributed by atoms with van der Waals surface area (Å²) in [5, 5.41) is 7.62. The summed E-state index contributed by atoms with van der Waals surface area (Å²) in [6.07, 6.45) is 0. The maximum Gasteiger partial charge on any atom is 0.224 e. The van der Waals surface area contributed by atoms with Gasteiger partial charge in [0.25, 0.3) is 0 Å². The molecule has 118 valence electrons. The van der Waals surface area contributed by atoms with E-state index in [1.54, 1.807) is 10.7 Å². The van der Waals surface area contributed by atoms with Gasteiger partial charge >= 0.3 is 0 Å². The van der Waals surface area contributed by atoms with Gasteiger partial charge in [0.1, 0.15) is 11.6 Å². The van der Waals surface area contributed by atoms with Crippen molar-refractivity contribution in [2.75, 3.05) is 11.1 Å². The van der Waals surface area contributed by atoms with E-state index in [0.717, 1.165) is 11.4 Å². The van der Waals surface area contributed by atoms with E-state index < -0.39 is 5.82 Å². The van der Waals surface area contributed by atoms with Gasteiger partial charge in [-0.05, 0) is 38.1 Å². The van der Waals surface area contributed by atoms with Gasteiger partial charge in [0.15, 0.2) is 5.82 Å². The molecule has 0 saturated heterocycles. The molecule has 6 nitrogen and oxygen atoms in total. The van der Waals surface area contributed by atoms with Gasteiger partial charge in [0, 0.05) is 16.8 Å². The smallest absolute Gasteiger partial charge is 0.224 e. The Hall–Kier alpha value is -2.67. The summed E-state index contributed by atoms with van der Waals surface area (Å²) >= 11 is 5.89. The fraction of sp³-hybridized carbons (Fsp3) is 0.133. The molecule has 3 rings (SSSR count). The third kappa shape index (κ3) is 3.24. The second kappa shape index (κ2) is 5.85. The van der Waals surface area contributed by atoms with Crippen molar-refractivity contribution in [2.45, 2.75) is 13.8 Å². The number of anilines is 3. The fourth-order valence-electron chi connectivity index (χ4n) is 2.22. The standard InChI is InChI=1S/C15H14ClFN6/c1-8-5-9(2)23(22-8)14-7-13(20-15(18)21-14)19-12-6-10(16)3-4-11(12)17/h3-7H,1-2H3,(H3,18,19,20,21). The molecule has 0 unspecified atom stereocenters. The van der Waals surface area contributed by atoms with Crippen LogP contribution in [0.3, 0.4) is 0 Å². The summed E-state index contributed by atoms with van der Waals surface area (Å²) in [7, 11) is 0. The predicted molar refractivity (Wildman–Crippen MR) is 87.7 cm³/mol. The minimum atomic E-state index is -0.445. The van der Waals surface area contributed by atoms with E-state index in [4.69, 9.17) is 17.3 Å². The molecule has 2 heterocycles. The van der Waals surface area contributed by atoms with Gasteiger partial charge in [-0.3, -0.25) is 0 Å². The molecule has 0 aliphatic heterocycles. The lowest BCUT2D eigenvalue weighted by Gasteiger charge is -2.10. The van der Waals surface area contributed by atoms with Gasteiger partial charge in [-0.2, -0.15) is 15.1 Å². The number of nitrogen functional groups attached to an aromatic ring is 1. The SMILES string of the molecule is Cc1cc(C)n(-c2cc(Nc3cc(Cl)ccc3F)nc(N)n2)n1. The fourth-order valence-corrected chi connectivity index (χ4v) is 2.39. The Morgan fingerprint density at radius 2 is 1.96 bits per heavy atom. The predicted octanol–water partition coefficient (Wildman–Crippen LogP) is 3.40. The average Bonchev–Trinajstić information content (AvgIpc) is 2.81. The van der Waals surface area contributed by atoms with Crippen molar-refractivity contribution in [1.82, 2.24) is 19.7 Å². The van der Waals surface area contributed by atoms with Crippen LogP contribution < -0.4 is 11.1 Å². The summed E-state index contributed by atoms with van der Waals surface area (Å²) in [4.78, 5) is 8.23. The molecule has 2 aromatic heterocycles. The van der Waals surface area contributed by atoms with E-state index in [1.807, 2.05) is 19.9 Å². The van der Waals surface area contributed by atoms with Gasteiger partial charge in [-0.1, -0.05) is 11.6 Å². The van der Waals surface area contributed by atoms with Crippen LogP contribution in [0, 0.1) is 19.7 Å². The summed E-state index contributed by atoms with van der Waals surface area (Å²) < 4.78 is 15.5. The molecule has 0 atom stereocenters. The molecule has 0 aliphatic carbocycles. The third-order valence-corrected chi connectivity index (χ3v) is 3.38. The van der Waals surface area contributed by atoms with Gasteiger partial charge in [-0.25, -0.2) is 9.07 Å². The van der Waals surface area contributed by atoms with Crippen molar-refractivity contribution in [2.24, 2.45) is 0 Å². The van der Waals surface area contributed by atoms with Crippen LogP contribution in [-0.4, -0.2) is 19.7 Å². The maximum atomic E-state index is 13.8. The largest absolute Gasteiger partial charge is 0.368 e. The number of nitrogens with zero attached hydrogens (tertiary/aromatic N) is 4. The van der Waals surface area contributed by atoms with E-state index in [1.165, 1.54) is 18.2 Å². The lowest BCUT2D eigenvalue weighted by molar-refractivity contribution is 0.632. The summed E-state index contributed by atoms with van der Waals surface area (Å²) in [6.45, 7) is 3.79. The van der Waals surface area contributed by atoms with Gasteiger partial charge in [0.2, 0.25) is 5.95 Å². The average molecular weight is 333 g/mol. The zero-order valence-corrected chi connectivity index (χ0v) is 13.3. The molecule has 0 aliphatic rings. The minimum Gasteiger partial charge on any atom is -0.368 e. The number of hydrogen-bond donors (Lipinski definition) is 2. The molecule has 23 heavy (non-hydrogen) atoms. The first-order valence-corrected chi connectivity index (χ1v) is 7.20. The van der Waals surface area contributed by atoms with Gasteiger partial charge < -0.3 is 11.1 Å². The van der Waals surface area contributed by atoms with Crippen LogP contribution in [-0.2, 0) is 0 Å². The highest BCUT2D eigenvalue weighted by molar-refractivity contribution is 6.30. The van der Waals surface area contributed by atoms with Crippen molar-refractivity contribution < 1.29 is 4.39 Å². The first kappa shape index (κ1) is 15.2. The van der Waals surface area contributed by atoms with Gasteiger partial charge in [0.05, 0.1) is 11.4 Å². The highest BCUT2D eigenvalue weighted by Gasteiger charge is 2.10. The van der Waals surface area contributed by atoms with E-state index in [-0.39, 0.29) is 11.6 Å². The van der Waals surface area contributed by atoms with Crippen molar-refractivity contribution in [3.05, 3.63) is 52.6 Å². The van der Waals surface area contributed by atoms with Crippen LogP contribution in [0.5, 0.6) is 0 Å². The Kier molecular flexibility index (Phi) is 3.87. The topological polar surface area (TPSA) is 81.7 Å². The zero-order chi connectivity index (χ0) is 16.6. The van der Waals surface area contributed by atoms with Crippen LogP contribution in [0.25, 0.3) is 5.82 Å². The molecule has 1 aromatic carbocycles. The number of hydrogen-bond acceptors (Lipinski definition) is 5. The Morgan fingerprint density at radius 1 is 1.17 bits per heavy atom. The maximum absolute atomic E-state index is 13.8. The summed E-state index contributed by atoms with van der Waals surface area (Å²) in [5.74, 6) is 0.452. The molecule has 8 heteroatoms. The number of nitrogens with two attached hydrogens (primary N) is 1. The molecular formula is C15H14ClFN6. The molecule has 0 amide bonds. The number of aryl methyl sites for hydroxylation is 2. The lowest BCUT2D eigenvalue weighted by Crippen LogP contribution is -2.08. The molecule has 3 aromatic rings. The van der Waals surface area contributed by atoms with Crippen LogP contribution in [0.1, 0.15) is 11.4 Å². The number of benzene rings is 1. The van der Waals surface area contributed by atoms with Gasteiger partial charge in [-0.15, -0.1) is 0 Å². The summed E-state index contributed by atoms with van der Waals surface area (Å²) in [5.41, 5.74) is 7.72. The third-order valence-electron chi connectivity index (χ3n) is 3.15. The Balaban J connectivity index is 2.01. The monoisotopic (exact) mass is 332 g/mol. The Labute approximate surface area is 137 Å². The van der Waals surface area contributed by atoms with Crippen LogP contribution in [0.15, 0.2) is 30.3 Å². The molecule has 0 spiro atoms. The van der Waals surface area contributed by atoms with Crippen molar-refractivity contribution in [3.63, 3.8) is 0 Å². The second-order valence-corrected chi connectivity index (χ2v) is 5.49. The highest BCUT2D eigenvalue weighted by Crippen LogP contribution is 2.24. The number of rotatable bonds is 3. The van der Waals surface area contributed by atoms with Crippen LogP contribution in [0.2, 0.25) is 5.02 Å². The van der Waals surface area contributed by atoms with E-state index in [0.29, 0.717) is 16.7 Å². The van der Waals surface area contributed by atoms with E-state index in [9.17, 15) is 4.39 Å². The second-order valence-electron chi connectivity index (χ2n) is 5.06. The first-order valence-electron chi connectivity index (χ1n) is 6.82. The summed E-state index contributed by atoms with van der Waals surface area (Å²) in [6, 6.07) is 7.77. The number of aromatic nitrogens is 4. The molecule has 0 radical (unpaired) electrons. The van der Waals surface area contributed by atoms with Crippen molar-refractivity contribution in [1.29, 1.82) is 0 Å². The van der Waals surface area contributed by atoms with Crippen molar-refractivity contribution in [3.8, 4) is 5.82 Å². The Bertz CT molecular complexity index is 876. The van der Waals surface area contributed by atoms with Crippen LogP contribution in [0.4, 0.5) is 21.8 Å². The normalized spacial score (nSPS) is 10.8. The molecule has 0 fully saturated rings. The minimum absolute atomic E-state index is 0.0555. The molecule has 0 bridgehead atoms. The van der Waals surface area contributed by atoms with E-state index >= 15 is 0 Å².